The zero-order valence-electron chi connectivity index (χ0n) is 10.1. The highest BCUT2D eigenvalue weighted by molar-refractivity contribution is 9.11. The van der Waals surface area contributed by atoms with E-state index in [1.54, 1.807) is 18.2 Å². The second-order valence-corrected chi connectivity index (χ2v) is 5.61. The van der Waals surface area contributed by atoms with Crippen LogP contribution in [0.3, 0.4) is 0 Å². The first-order chi connectivity index (χ1) is 9.81. The lowest BCUT2D eigenvalue weighted by Gasteiger charge is -2.11. The fourth-order valence-corrected chi connectivity index (χ4v) is 2.55. The Hall–Kier alpha value is -1.59. The summed E-state index contributed by atoms with van der Waals surface area (Å²) in [6.07, 6.45) is -4.61. The van der Waals surface area contributed by atoms with E-state index < -0.39 is 17.8 Å². The van der Waals surface area contributed by atoms with Crippen molar-refractivity contribution in [1.82, 2.24) is 4.98 Å². The van der Waals surface area contributed by atoms with Gasteiger partial charge in [-0.25, -0.2) is 4.98 Å². The minimum absolute atomic E-state index is 0.0854. The van der Waals surface area contributed by atoms with E-state index in [-0.39, 0.29) is 11.3 Å². The third-order valence-corrected chi connectivity index (χ3v) is 3.48. The molecule has 108 valence electrons. The van der Waals surface area contributed by atoms with Gasteiger partial charge in [0.25, 0.3) is 0 Å². The maximum atomic E-state index is 12.7. The second-order valence-electron chi connectivity index (χ2n) is 3.84. The fraction of sp³-hybridized carbons (Fsp3) is 0.0769. The Bertz CT molecular complexity index is 726. The van der Waals surface area contributed by atoms with Gasteiger partial charge < -0.3 is 4.74 Å². The molecule has 0 aliphatic rings. The lowest BCUT2D eigenvalue weighted by atomic mass is 10.2. The Morgan fingerprint density at radius 3 is 2.43 bits per heavy atom. The number of ether oxygens (including phenoxy) is 1. The molecule has 0 radical (unpaired) electrons. The van der Waals surface area contributed by atoms with E-state index >= 15 is 0 Å². The third-order valence-electron chi connectivity index (χ3n) is 2.37. The maximum absolute atomic E-state index is 12.7. The molecule has 0 atom stereocenters. The van der Waals surface area contributed by atoms with Crippen molar-refractivity contribution < 1.29 is 17.9 Å². The van der Waals surface area contributed by atoms with Gasteiger partial charge in [0.2, 0.25) is 5.88 Å². The van der Waals surface area contributed by atoms with Crippen LogP contribution in [-0.4, -0.2) is 4.98 Å². The standard InChI is InChI=1S/C13H5Br2F3N2O/c14-8-2-3-10(9(15)5-8)21-12-7(6-19)1-4-11(20-12)13(16,17)18/h1-5H. The van der Waals surface area contributed by atoms with E-state index in [0.717, 1.165) is 16.6 Å². The summed E-state index contributed by atoms with van der Waals surface area (Å²) in [6.45, 7) is 0. The van der Waals surface area contributed by atoms with Crippen molar-refractivity contribution >= 4 is 31.9 Å². The molecule has 1 aromatic heterocycles. The molecule has 0 saturated carbocycles. The molecule has 0 saturated heterocycles. The molecule has 0 N–H and O–H groups in total. The number of nitrogens with zero attached hydrogens (tertiary/aromatic N) is 2. The van der Waals surface area contributed by atoms with Gasteiger partial charge in [0.05, 0.1) is 4.47 Å². The van der Waals surface area contributed by atoms with E-state index in [1.165, 1.54) is 6.07 Å². The maximum Gasteiger partial charge on any atom is 0.433 e. The number of hydrogen-bond donors (Lipinski definition) is 0. The summed E-state index contributed by atoms with van der Waals surface area (Å²) >= 11 is 6.47. The highest BCUT2D eigenvalue weighted by Gasteiger charge is 2.33. The molecule has 0 bridgehead atoms. The molecular formula is C13H5Br2F3N2O. The predicted molar refractivity (Wildman–Crippen MR) is 75.9 cm³/mol. The van der Waals surface area contributed by atoms with Gasteiger partial charge in [-0.2, -0.15) is 18.4 Å². The van der Waals surface area contributed by atoms with Crippen molar-refractivity contribution in [1.29, 1.82) is 5.26 Å². The average molecular weight is 422 g/mol. The van der Waals surface area contributed by atoms with Crippen LogP contribution in [0.15, 0.2) is 39.3 Å². The summed E-state index contributed by atoms with van der Waals surface area (Å²) in [6, 6.07) is 8.36. The van der Waals surface area contributed by atoms with Gasteiger partial charge in [0.15, 0.2) is 0 Å². The molecule has 0 spiro atoms. The van der Waals surface area contributed by atoms with Crippen LogP contribution in [0.5, 0.6) is 11.6 Å². The van der Waals surface area contributed by atoms with E-state index in [4.69, 9.17) is 10.00 Å². The van der Waals surface area contributed by atoms with Crippen molar-refractivity contribution in [3.05, 3.63) is 50.5 Å². The molecule has 1 aromatic carbocycles. The Labute approximate surface area is 134 Å². The normalized spacial score (nSPS) is 11.0. The van der Waals surface area contributed by atoms with Crippen LogP contribution in [0.4, 0.5) is 13.2 Å². The van der Waals surface area contributed by atoms with Crippen LogP contribution in [0, 0.1) is 11.3 Å². The summed E-state index contributed by atoms with van der Waals surface area (Å²) in [4.78, 5) is 3.37. The van der Waals surface area contributed by atoms with E-state index in [9.17, 15) is 13.2 Å². The van der Waals surface area contributed by atoms with Crippen LogP contribution >= 0.6 is 31.9 Å². The molecule has 0 amide bonds. The van der Waals surface area contributed by atoms with Crippen LogP contribution in [0.1, 0.15) is 11.3 Å². The second kappa shape index (κ2) is 6.03. The first-order valence-corrected chi connectivity index (χ1v) is 7.01. The molecule has 8 heteroatoms. The monoisotopic (exact) mass is 420 g/mol. The van der Waals surface area contributed by atoms with Crippen LogP contribution in [0.2, 0.25) is 0 Å². The first-order valence-electron chi connectivity index (χ1n) is 5.42. The molecular weight excluding hydrogens is 417 g/mol. The molecule has 2 aromatic rings. The lowest BCUT2D eigenvalue weighted by Crippen LogP contribution is -2.09. The molecule has 0 fully saturated rings. The highest BCUT2D eigenvalue weighted by Crippen LogP contribution is 2.35. The van der Waals surface area contributed by atoms with Gasteiger partial charge in [-0.3, -0.25) is 0 Å². The number of pyridine rings is 1. The van der Waals surface area contributed by atoms with Crippen LogP contribution < -0.4 is 4.74 Å². The zero-order chi connectivity index (χ0) is 15.6. The van der Waals surface area contributed by atoms with Gasteiger partial charge in [-0.05, 0) is 46.3 Å². The van der Waals surface area contributed by atoms with Gasteiger partial charge in [0.1, 0.15) is 23.1 Å². The van der Waals surface area contributed by atoms with Gasteiger partial charge in [-0.1, -0.05) is 15.9 Å². The molecule has 1 heterocycles. The molecule has 0 aliphatic heterocycles. The molecule has 21 heavy (non-hydrogen) atoms. The van der Waals surface area contributed by atoms with Crippen molar-refractivity contribution in [3.63, 3.8) is 0 Å². The average Bonchev–Trinajstić information content (AvgIpc) is 2.41. The number of halogens is 5. The van der Waals surface area contributed by atoms with Gasteiger partial charge in [-0.15, -0.1) is 0 Å². The SMILES string of the molecule is N#Cc1ccc(C(F)(F)F)nc1Oc1ccc(Br)cc1Br. The number of rotatable bonds is 2. The third kappa shape index (κ3) is 3.74. The quantitative estimate of drug-likeness (QED) is 0.661. The molecule has 3 nitrogen and oxygen atoms in total. The summed E-state index contributed by atoms with van der Waals surface area (Å²) in [5.41, 5.74) is -1.21. The van der Waals surface area contributed by atoms with E-state index in [2.05, 4.69) is 36.8 Å². The van der Waals surface area contributed by atoms with Crippen LogP contribution in [0.25, 0.3) is 0 Å². The Morgan fingerprint density at radius 2 is 1.86 bits per heavy atom. The van der Waals surface area contributed by atoms with Gasteiger partial charge in [0, 0.05) is 4.47 Å². The Balaban J connectivity index is 2.45. The number of benzene rings is 1. The van der Waals surface area contributed by atoms with Crippen molar-refractivity contribution in [2.24, 2.45) is 0 Å². The van der Waals surface area contributed by atoms with E-state index in [0.29, 0.717) is 4.47 Å². The van der Waals surface area contributed by atoms with Crippen molar-refractivity contribution in [3.8, 4) is 17.7 Å². The highest BCUT2D eigenvalue weighted by atomic mass is 79.9. The summed E-state index contributed by atoms with van der Waals surface area (Å²) in [7, 11) is 0. The van der Waals surface area contributed by atoms with E-state index in [1.807, 2.05) is 0 Å². The lowest BCUT2D eigenvalue weighted by molar-refractivity contribution is -0.141. The topological polar surface area (TPSA) is 45.9 Å². The van der Waals surface area contributed by atoms with Crippen molar-refractivity contribution in [2.45, 2.75) is 6.18 Å². The number of nitriles is 1. The molecule has 0 unspecified atom stereocenters. The van der Waals surface area contributed by atoms with Crippen LogP contribution in [-0.2, 0) is 6.18 Å². The fourth-order valence-electron chi connectivity index (χ4n) is 1.42. The van der Waals surface area contributed by atoms with Gasteiger partial charge >= 0.3 is 6.18 Å². The number of aromatic nitrogens is 1. The number of hydrogen-bond acceptors (Lipinski definition) is 3. The number of alkyl halides is 3. The van der Waals surface area contributed by atoms with Crippen molar-refractivity contribution in [2.75, 3.05) is 0 Å². The molecule has 2 rings (SSSR count). The Morgan fingerprint density at radius 1 is 1.14 bits per heavy atom. The minimum Gasteiger partial charge on any atom is -0.436 e. The Kier molecular flexibility index (Phi) is 4.54. The minimum atomic E-state index is -4.61. The zero-order valence-corrected chi connectivity index (χ0v) is 13.3. The summed E-state index contributed by atoms with van der Waals surface area (Å²) in [5.74, 6) is -0.142. The summed E-state index contributed by atoms with van der Waals surface area (Å²) < 4.78 is 44.6. The first kappa shape index (κ1) is 15.8. The predicted octanol–water partition coefficient (Wildman–Crippen LogP) is 5.29. The molecule has 0 aliphatic carbocycles. The largest absolute Gasteiger partial charge is 0.436 e. The smallest absolute Gasteiger partial charge is 0.433 e. The summed E-state index contributed by atoms with van der Waals surface area (Å²) in [5, 5.41) is 8.93.